The van der Waals surface area contributed by atoms with Gasteiger partial charge >= 0.3 is 0 Å². The number of aromatic nitrogens is 5. The maximum Gasteiger partial charge on any atom is 0.255 e. The molecule has 0 unspecified atom stereocenters. The lowest BCUT2D eigenvalue weighted by Crippen LogP contribution is -2.33. The highest BCUT2D eigenvalue weighted by Gasteiger charge is 2.24. The molecule has 0 spiro atoms. The van der Waals surface area contributed by atoms with Crippen molar-refractivity contribution in [1.82, 2.24) is 29.6 Å². The molecule has 12 heteroatoms. The number of ether oxygens (including phenoxy) is 2. The summed E-state index contributed by atoms with van der Waals surface area (Å²) in [6.07, 6.45) is 4.16. The fourth-order valence-electron chi connectivity index (χ4n) is 6.54. The van der Waals surface area contributed by atoms with Crippen molar-refractivity contribution >= 4 is 39.1 Å². The summed E-state index contributed by atoms with van der Waals surface area (Å²) in [7, 11) is 0. The van der Waals surface area contributed by atoms with E-state index in [0.29, 0.717) is 29.2 Å². The molecular weight excluding hydrogens is 647 g/mol. The van der Waals surface area contributed by atoms with Crippen LogP contribution in [0, 0.1) is 24.1 Å². The predicted octanol–water partition coefficient (Wildman–Crippen LogP) is 6.54. The number of hydrogen-bond donors (Lipinski definition) is 2. The van der Waals surface area contributed by atoms with Crippen molar-refractivity contribution in [2.45, 2.75) is 45.6 Å². The molecule has 2 N–H and O–H groups in total. The van der Waals surface area contributed by atoms with Crippen LogP contribution in [0.4, 0.5) is 10.1 Å². The van der Waals surface area contributed by atoms with Gasteiger partial charge in [-0.25, -0.2) is 14.4 Å². The summed E-state index contributed by atoms with van der Waals surface area (Å²) in [6, 6.07) is 23.2. The van der Waals surface area contributed by atoms with Gasteiger partial charge in [0, 0.05) is 53.7 Å². The van der Waals surface area contributed by atoms with Crippen molar-refractivity contribution in [2.75, 3.05) is 25.0 Å². The standard InChI is InChI=1S/C39H35FN8O3/c1-24-31-18-27(7-9-34(31)46-45-24)39(49)42-29-8-10-36-35(19-29)43-37(48(36)21-30-13-16-50-30)22-47-14-11-26(12-15-47)33-3-2-4-38(44-33)51-23-28-6-5-25(20-41)17-32(28)40/h2-11,17-19,30H,12-16,21-23H2,1H3,(H,42,49)(H,45,46)/t30-/m0/s1. The Labute approximate surface area is 293 Å². The molecular formula is C39H35FN8O3. The first kappa shape index (κ1) is 32.3. The third kappa shape index (κ3) is 6.81. The molecule has 0 aliphatic carbocycles. The summed E-state index contributed by atoms with van der Waals surface area (Å²) < 4.78 is 28.2. The van der Waals surface area contributed by atoms with Crippen LogP contribution in [0.2, 0.25) is 0 Å². The molecule has 2 aliphatic heterocycles. The number of H-pyrrole nitrogens is 1. The summed E-state index contributed by atoms with van der Waals surface area (Å²) in [4.78, 5) is 25.3. The predicted molar refractivity (Wildman–Crippen MR) is 190 cm³/mol. The van der Waals surface area contributed by atoms with E-state index >= 15 is 0 Å². The Morgan fingerprint density at radius 1 is 1.12 bits per heavy atom. The van der Waals surface area contributed by atoms with E-state index in [-0.39, 0.29) is 24.2 Å². The molecule has 1 saturated heterocycles. The van der Waals surface area contributed by atoms with Gasteiger partial charge in [0.2, 0.25) is 5.88 Å². The summed E-state index contributed by atoms with van der Waals surface area (Å²) in [5.41, 5.74) is 7.39. The summed E-state index contributed by atoms with van der Waals surface area (Å²) >= 11 is 0. The summed E-state index contributed by atoms with van der Waals surface area (Å²) in [5, 5.41) is 20.2. The van der Waals surface area contributed by atoms with E-state index in [1.54, 1.807) is 24.3 Å². The van der Waals surface area contributed by atoms with Crippen molar-refractivity contribution in [1.29, 1.82) is 5.26 Å². The van der Waals surface area contributed by atoms with Crippen LogP contribution in [0.15, 0.2) is 78.9 Å². The second kappa shape index (κ2) is 13.8. The SMILES string of the molecule is Cc1[nH]nc2ccc(C(=O)Nc3ccc4c(c3)nc(CN3CC=C(c5cccc(OCc6ccc(C#N)cc6F)n5)CC3)n4C[C@@H]3CCO3)cc12. The minimum absolute atomic E-state index is 0.0174. The number of amides is 1. The van der Waals surface area contributed by atoms with Gasteiger partial charge in [-0.15, -0.1) is 0 Å². The van der Waals surface area contributed by atoms with E-state index in [9.17, 15) is 9.18 Å². The fourth-order valence-corrected chi connectivity index (χ4v) is 6.54. The third-order valence-electron chi connectivity index (χ3n) is 9.54. The Balaban J connectivity index is 0.957. The number of imidazole rings is 1. The highest BCUT2D eigenvalue weighted by molar-refractivity contribution is 6.07. The molecule has 3 aromatic carbocycles. The number of hydrogen-bond acceptors (Lipinski definition) is 8. The summed E-state index contributed by atoms with van der Waals surface area (Å²) in [5.74, 6) is 0.694. The smallest absolute Gasteiger partial charge is 0.255 e. The highest BCUT2D eigenvalue weighted by atomic mass is 19.1. The first-order chi connectivity index (χ1) is 24.9. The van der Waals surface area contributed by atoms with E-state index in [4.69, 9.17) is 19.7 Å². The maximum atomic E-state index is 14.3. The molecule has 8 rings (SSSR count). The fraction of sp³-hybridized carbons (Fsp3) is 0.256. The number of carbonyl (C=O) groups is 1. The Hall–Kier alpha value is -5.90. The van der Waals surface area contributed by atoms with Crippen LogP contribution in [0.1, 0.15) is 51.5 Å². The first-order valence-electron chi connectivity index (χ1n) is 17.0. The number of nitrogens with one attached hydrogen (secondary N) is 2. The largest absolute Gasteiger partial charge is 0.473 e. The second-order valence-corrected chi connectivity index (χ2v) is 12.9. The van der Waals surface area contributed by atoms with Gasteiger partial charge in [0.25, 0.3) is 5.91 Å². The molecule has 0 saturated carbocycles. The topological polar surface area (TPSA) is 134 Å². The van der Waals surface area contributed by atoms with Crippen molar-refractivity contribution < 1.29 is 18.7 Å². The monoisotopic (exact) mass is 682 g/mol. The number of aromatic amines is 1. The van der Waals surface area contributed by atoms with E-state index in [2.05, 4.69) is 36.0 Å². The lowest BCUT2D eigenvalue weighted by atomic mass is 10.0. The van der Waals surface area contributed by atoms with Gasteiger partial charge in [-0.3, -0.25) is 14.8 Å². The van der Waals surface area contributed by atoms with Gasteiger partial charge in [-0.1, -0.05) is 18.2 Å². The lowest BCUT2D eigenvalue weighted by Gasteiger charge is -2.29. The Kier molecular flexibility index (Phi) is 8.73. The van der Waals surface area contributed by atoms with Crippen LogP contribution in [-0.4, -0.2) is 61.3 Å². The molecule has 11 nitrogen and oxygen atoms in total. The minimum Gasteiger partial charge on any atom is -0.473 e. The molecule has 1 fully saturated rings. The highest BCUT2D eigenvalue weighted by Crippen LogP contribution is 2.28. The molecule has 1 atom stereocenters. The zero-order chi connectivity index (χ0) is 34.9. The van der Waals surface area contributed by atoms with Gasteiger partial charge in [0.15, 0.2) is 0 Å². The van der Waals surface area contributed by atoms with Crippen molar-refractivity contribution in [3.05, 3.63) is 119 Å². The van der Waals surface area contributed by atoms with Crippen molar-refractivity contribution in [3.63, 3.8) is 0 Å². The minimum atomic E-state index is -0.476. The Morgan fingerprint density at radius 3 is 2.80 bits per heavy atom. The zero-order valence-corrected chi connectivity index (χ0v) is 28.0. The molecule has 5 heterocycles. The van der Waals surface area contributed by atoms with E-state index in [1.807, 2.05) is 55.5 Å². The number of pyridine rings is 1. The van der Waals surface area contributed by atoms with Gasteiger partial charge < -0.3 is 19.4 Å². The maximum absolute atomic E-state index is 14.3. The Bertz CT molecular complexity index is 2350. The van der Waals surface area contributed by atoms with Crippen LogP contribution >= 0.6 is 0 Å². The van der Waals surface area contributed by atoms with Crippen molar-refractivity contribution in [3.8, 4) is 11.9 Å². The van der Waals surface area contributed by atoms with Gasteiger partial charge in [-0.05, 0) is 79.9 Å². The average Bonchev–Trinajstić information content (AvgIpc) is 3.67. The molecule has 256 valence electrons. The number of aryl methyl sites for hydroxylation is 1. The number of halogens is 1. The number of benzene rings is 3. The molecule has 2 aliphatic rings. The van der Waals surface area contributed by atoms with E-state index in [1.165, 1.54) is 6.07 Å². The number of nitriles is 1. The van der Waals surface area contributed by atoms with Crippen LogP contribution in [0.3, 0.4) is 0 Å². The molecule has 51 heavy (non-hydrogen) atoms. The lowest BCUT2D eigenvalue weighted by molar-refractivity contribution is -0.0591. The van der Waals surface area contributed by atoms with Gasteiger partial charge in [0.05, 0.1) is 53.1 Å². The van der Waals surface area contributed by atoms with Gasteiger partial charge in [0.1, 0.15) is 18.2 Å². The van der Waals surface area contributed by atoms with Crippen molar-refractivity contribution in [2.24, 2.45) is 0 Å². The van der Waals surface area contributed by atoms with E-state index < -0.39 is 5.82 Å². The first-order valence-corrected chi connectivity index (χ1v) is 17.0. The average molecular weight is 683 g/mol. The normalized spacial score (nSPS) is 16.1. The Morgan fingerprint density at radius 2 is 2.02 bits per heavy atom. The number of anilines is 1. The number of rotatable bonds is 10. The summed E-state index contributed by atoms with van der Waals surface area (Å²) in [6.45, 7) is 5.65. The molecule has 6 aromatic rings. The van der Waals surface area contributed by atoms with Crippen LogP contribution in [-0.2, 0) is 24.4 Å². The van der Waals surface area contributed by atoms with Crippen LogP contribution in [0.25, 0.3) is 27.5 Å². The molecule has 3 aromatic heterocycles. The number of nitrogens with zero attached hydrogens (tertiary/aromatic N) is 6. The molecule has 1 amide bonds. The third-order valence-corrected chi connectivity index (χ3v) is 9.54. The second-order valence-electron chi connectivity index (χ2n) is 12.9. The molecule has 0 bridgehead atoms. The zero-order valence-electron chi connectivity index (χ0n) is 28.0. The van der Waals surface area contributed by atoms with Gasteiger partial charge in [-0.2, -0.15) is 10.4 Å². The van der Waals surface area contributed by atoms with Crippen LogP contribution in [0.5, 0.6) is 5.88 Å². The quantitative estimate of drug-likeness (QED) is 0.167. The molecule has 0 radical (unpaired) electrons. The van der Waals surface area contributed by atoms with E-state index in [0.717, 1.165) is 83.8 Å². The van der Waals surface area contributed by atoms with Crippen LogP contribution < -0.4 is 10.1 Å². The number of carbonyl (C=O) groups excluding carboxylic acids is 1. The number of fused-ring (bicyclic) bond motifs is 2.